The van der Waals surface area contributed by atoms with Crippen molar-refractivity contribution in [1.29, 1.82) is 0 Å². The molecule has 1 aromatic heterocycles. The van der Waals surface area contributed by atoms with E-state index in [0.29, 0.717) is 6.54 Å². The van der Waals surface area contributed by atoms with Gasteiger partial charge in [-0.2, -0.15) is 0 Å². The number of likely N-dealkylation sites (tertiary alicyclic amines) is 1. The first-order chi connectivity index (χ1) is 14.6. The number of rotatable bonds is 9. The first-order valence-electron chi connectivity index (χ1n) is 10.7. The third-order valence-corrected chi connectivity index (χ3v) is 5.38. The molecule has 0 radical (unpaired) electrons. The second-order valence-electron chi connectivity index (χ2n) is 7.46. The van der Waals surface area contributed by atoms with E-state index in [0.717, 1.165) is 60.7 Å². The molecule has 1 atom stereocenters. The minimum Gasteiger partial charge on any atom is -0.497 e. The fourth-order valence-corrected chi connectivity index (χ4v) is 3.78. The highest BCUT2D eigenvalue weighted by Gasteiger charge is 2.26. The molecule has 2 heterocycles. The van der Waals surface area contributed by atoms with Crippen LogP contribution in [0.5, 0.6) is 11.5 Å². The number of guanidine groups is 1. The topological polar surface area (TPSA) is 71.3 Å². The predicted molar refractivity (Wildman–Crippen MR) is 119 cm³/mol. The van der Waals surface area contributed by atoms with Gasteiger partial charge >= 0.3 is 0 Å². The number of benzene rings is 1. The molecule has 1 aromatic carbocycles. The summed E-state index contributed by atoms with van der Waals surface area (Å²) >= 11 is 0. The van der Waals surface area contributed by atoms with Gasteiger partial charge in [-0.05, 0) is 64.0 Å². The molecular weight excluding hydrogens is 380 g/mol. The van der Waals surface area contributed by atoms with Crippen molar-refractivity contribution in [3.63, 3.8) is 0 Å². The van der Waals surface area contributed by atoms with Crippen molar-refractivity contribution >= 4 is 5.96 Å². The summed E-state index contributed by atoms with van der Waals surface area (Å²) in [5.74, 6) is 4.28. The van der Waals surface area contributed by atoms with Crippen LogP contribution in [0.3, 0.4) is 0 Å². The van der Waals surface area contributed by atoms with Crippen LogP contribution in [-0.2, 0) is 6.54 Å². The quantitative estimate of drug-likeness (QED) is 0.483. The Hall–Kier alpha value is -2.67. The smallest absolute Gasteiger partial charge is 0.191 e. The van der Waals surface area contributed by atoms with Gasteiger partial charge in [0.25, 0.3) is 0 Å². The van der Waals surface area contributed by atoms with Crippen molar-refractivity contribution in [1.82, 2.24) is 15.5 Å². The third-order valence-electron chi connectivity index (χ3n) is 5.38. The summed E-state index contributed by atoms with van der Waals surface area (Å²) in [5, 5.41) is 6.85. The van der Waals surface area contributed by atoms with Crippen LogP contribution in [0.2, 0.25) is 0 Å². The molecule has 0 aliphatic carbocycles. The summed E-state index contributed by atoms with van der Waals surface area (Å²) < 4.78 is 16.7. The lowest BCUT2D eigenvalue weighted by Gasteiger charge is -2.26. The van der Waals surface area contributed by atoms with E-state index in [1.54, 1.807) is 14.2 Å². The van der Waals surface area contributed by atoms with Gasteiger partial charge in [-0.1, -0.05) is 0 Å². The molecule has 1 aliphatic rings. The molecule has 1 fully saturated rings. The van der Waals surface area contributed by atoms with Gasteiger partial charge in [-0.25, -0.2) is 4.99 Å². The summed E-state index contributed by atoms with van der Waals surface area (Å²) in [6.45, 7) is 8.30. The van der Waals surface area contributed by atoms with Crippen LogP contribution in [0.25, 0.3) is 0 Å². The van der Waals surface area contributed by atoms with Crippen molar-refractivity contribution in [2.45, 2.75) is 39.3 Å². The number of nitrogens with zero attached hydrogens (tertiary/aromatic N) is 2. The van der Waals surface area contributed by atoms with E-state index in [-0.39, 0.29) is 6.04 Å². The molecule has 2 N–H and O–H groups in total. The summed E-state index contributed by atoms with van der Waals surface area (Å²) in [5.41, 5.74) is 1.01. The molecule has 2 aromatic rings. The minimum atomic E-state index is 0.195. The SMILES string of the molecule is CCNC(=NCc1ccc(OC)cc1OC)NCC(c1ccc(C)o1)N1CCCC1. The number of aryl methyl sites for hydroxylation is 1. The van der Waals surface area contributed by atoms with Gasteiger partial charge < -0.3 is 24.5 Å². The zero-order chi connectivity index (χ0) is 21.3. The van der Waals surface area contributed by atoms with Crippen molar-refractivity contribution in [3.05, 3.63) is 47.4 Å². The average molecular weight is 415 g/mol. The molecule has 7 nitrogen and oxygen atoms in total. The summed E-state index contributed by atoms with van der Waals surface area (Å²) in [6, 6.07) is 10.1. The Morgan fingerprint density at radius 1 is 1.13 bits per heavy atom. The molecule has 0 bridgehead atoms. The van der Waals surface area contributed by atoms with Crippen LogP contribution in [0.1, 0.15) is 42.9 Å². The van der Waals surface area contributed by atoms with E-state index < -0.39 is 0 Å². The van der Waals surface area contributed by atoms with Crippen molar-refractivity contribution in [3.8, 4) is 11.5 Å². The fraction of sp³-hybridized carbons (Fsp3) is 0.522. The monoisotopic (exact) mass is 414 g/mol. The van der Waals surface area contributed by atoms with Gasteiger partial charge in [0, 0.05) is 24.7 Å². The predicted octanol–water partition coefficient (Wildman–Crippen LogP) is 3.50. The average Bonchev–Trinajstić information content (AvgIpc) is 3.44. The summed E-state index contributed by atoms with van der Waals surface area (Å²) in [7, 11) is 3.31. The molecule has 0 amide bonds. The highest BCUT2D eigenvalue weighted by Crippen LogP contribution is 2.27. The van der Waals surface area contributed by atoms with Gasteiger partial charge in [0.15, 0.2) is 5.96 Å². The van der Waals surface area contributed by atoms with E-state index in [1.165, 1.54) is 12.8 Å². The first-order valence-corrected chi connectivity index (χ1v) is 10.7. The van der Waals surface area contributed by atoms with Crippen molar-refractivity contribution < 1.29 is 13.9 Å². The van der Waals surface area contributed by atoms with Crippen molar-refractivity contribution in [2.24, 2.45) is 4.99 Å². The zero-order valence-electron chi connectivity index (χ0n) is 18.5. The summed E-state index contributed by atoms with van der Waals surface area (Å²) in [4.78, 5) is 7.26. The standard InChI is InChI=1S/C23H34N4O3/c1-5-24-23(25-15-18-9-10-19(28-3)14-22(18)29-4)26-16-20(27-12-6-7-13-27)21-11-8-17(2)30-21/h8-11,14,20H,5-7,12-13,15-16H2,1-4H3,(H2,24,25,26). The lowest BCUT2D eigenvalue weighted by atomic mass is 10.2. The Kier molecular flexibility index (Phi) is 8.02. The number of furan rings is 1. The number of methoxy groups -OCH3 is 2. The highest BCUT2D eigenvalue weighted by molar-refractivity contribution is 5.79. The Labute approximate surface area is 179 Å². The largest absolute Gasteiger partial charge is 0.497 e. The van der Waals surface area contributed by atoms with Crippen molar-refractivity contribution in [2.75, 3.05) is 40.4 Å². The molecule has 0 spiro atoms. The molecule has 164 valence electrons. The lowest BCUT2D eigenvalue weighted by molar-refractivity contribution is 0.213. The van der Waals surface area contributed by atoms with Gasteiger partial charge in [0.05, 0.1) is 26.8 Å². The number of aliphatic imine (C=N–C) groups is 1. The fourth-order valence-electron chi connectivity index (χ4n) is 3.78. The van der Waals surface area contributed by atoms with Crippen LogP contribution in [0.4, 0.5) is 0 Å². The normalized spacial score (nSPS) is 15.8. The van der Waals surface area contributed by atoms with Gasteiger partial charge in [0.1, 0.15) is 23.0 Å². The van der Waals surface area contributed by atoms with E-state index in [4.69, 9.17) is 18.9 Å². The molecule has 3 rings (SSSR count). The molecule has 7 heteroatoms. The highest BCUT2D eigenvalue weighted by atomic mass is 16.5. The molecule has 1 saturated heterocycles. The van der Waals surface area contributed by atoms with Crippen LogP contribution in [0.15, 0.2) is 39.7 Å². The maximum absolute atomic E-state index is 5.96. The Morgan fingerprint density at radius 2 is 1.93 bits per heavy atom. The number of hydrogen-bond donors (Lipinski definition) is 2. The van der Waals surface area contributed by atoms with Crippen LogP contribution in [-0.4, -0.2) is 51.3 Å². The van der Waals surface area contributed by atoms with Gasteiger partial charge in [0.2, 0.25) is 0 Å². The minimum absolute atomic E-state index is 0.195. The van der Waals surface area contributed by atoms with E-state index >= 15 is 0 Å². The number of hydrogen-bond acceptors (Lipinski definition) is 5. The van der Waals surface area contributed by atoms with Crippen LogP contribution >= 0.6 is 0 Å². The number of nitrogens with one attached hydrogen (secondary N) is 2. The number of ether oxygens (including phenoxy) is 2. The van der Waals surface area contributed by atoms with Gasteiger partial charge in [-0.15, -0.1) is 0 Å². The Balaban J connectivity index is 1.70. The Bertz CT molecular complexity index is 828. The zero-order valence-corrected chi connectivity index (χ0v) is 18.5. The van der Waals surface area contributed by atoms with Crippen LogP contribution < -0.4 is 20.1 Å². The van der Waals surface area contributed by atoms with E-state index in [1.807, 2.05) is 31.2 Å². The third kappa shape index (κ3) is 5.69. The molecule has 30 heavy (non-hydrogen) atoms. The molecule has 1 aliphatic heterocycles. The second kappa shape index (κ2) is 10.9. The molecular formula is C23H34N4O3. The Morgan fingerprint density at radius 3 is 2.57 bits per heavy atom. The second-order valence-corrected chi connectivity index (χ2v) is 7.46. The van der Waals surface area contributed by atoms with E-state index in [2.05, 4.69) is 28.5 Å². The molecule has 1 unspecified atom stereocenters. The van der Waals surface area contributed by atoms with E-state index in [9.17, 15) is 0 Å². The van der Waals surface area contributed by atoms with Crippen LogP contribution in [0, 0.1) is 6.92 Å². The maximum atomic E-state index is 5.96. The maximum Gasteiger partial charge on any atom is 0.191 e. The van der Waals surface area contributed by atoms with Gasteiger partial charge in [-0.3, -0.25) is 4.90 Å². The first kappa shape index (κ1) is 22.0. The molecule has 0 saturated carbocycles. The summed E-state index contributed by atoms with van der Waals surface area (Å²) in [6.07, 6.45) is 2.48. The lowest BCUT2D eigenvalue weighted by Crippen LogP contribution is -2.42.